The molecule has 3 heterocycles. The van der Waals surface area contributed by atoms with Crippen molar-refractivity contribution in [2.24, 2.45) is 0 Å². The van der Waals surface area contributed by atoms with Crippen molar-refractivity contribution in [3.8, 4) is 11.3 Å². The van der Waals surface area contributed by atoms with Gasteiger partial charge in [-0.15, -0.1) is 0 Å². The van der Waals surface area contributed by atoms with E-state index in [0.29, 0.717) is 0 Å². The molecular formula is C14H14N4O. The summed E-state index contributed by atoms with van der Waals surface area (Å²) >= 11 is 0. The maximum atomic E-state index is 5.36. The molecule has 0 bridgehead atoms. The molecular weight excluding hydrogens is 240 g/mol. The second-order valence-corrected chi connectivity index (χ2v) is 4.84. The van der Waals surface area contributed by atoms with E-state index < -0.39 is 0 Å². The van der Waals surface area contributed by atoms with Gasteiger partial charge in [0.1, 0.15) is 5.52 Å². The highest BCUT2D eigenvalue weighted by molar-refractivity contribution is 5.80. The molecule has 0 saturated heterocycles. The third-order valence-corrected chi connectivity index (χ3v) is 3.67. The fraction of sp³-hybridized carbons (Fsp3) is 0.286. The van der Waals surface area contributed by atoms with Crippen LogP contribution in [-0.4, -0.2) is 21.1 Å². The lowest BCUT2D eigenvalue weighted by atomic mass is 10.1. The largest absolute Gasteiger partial charge is 0.443 e. The molecule has 96 valence electrons. The molecule has 1 aromatic carbocycles. The van der Waals surface area contributed by atoms with Crippen molar-refractivity contribution in [1.29, 1.82) is 0 Å². The monoisotopic (exact) mass is 254 g/mol. The topological polar surface area (TPSA) is 55.9 Å². The number of fused-ring (bicyclic) bond motifs is 2. The summed E-state index contributed by atoms with van der Waals surface area (Å²) in [6, 6.07) is 6.02. The number of nitrogens with zero attached hydrogens (tertiary/aromatic N) is 3. The highest BCUT2D eigenvalue weighted by Gasteiger charge is 2.18. The Labute approximate surface area is 110 Å². The molecule has 0 atom stereocenters. The van der Waals surface area contributed by atoms with Crippen molar-refractivity contribution in [2.45, 2.75) is 19.9 Å². The molecule has 19 heavy (non-hydrogen) atoms. The van der Waals surface area contributed by atoms with Crippen molar-refractivity contribution in [1.82, 2.24) is 14.5 Å². The number of hydrogen-bond donors (Lipinski definition) is 1. The first-order chi connectivity index (χ1) is 9.33. The Hall–Kier alpha value is -2.30. The minimum absolute atomic E-state index is 0.802. The lowest BCUT2D eigenvalue weighted by molar-refractivity contribution is 0.602. The third-order valence-electron chi connectivity index (χ3n) is 3.67. The SMILES string of the molecule is Cc1c(-c2ccc3ncoc3c2)nc2n1CCCN2. The second-order valence-electron chi connectivity index (χ2n) is 4.84. The van der Waals surface area contributed by atoms with Crippen molar-refractivity contribution < 1.29 is 4.42 Å². The van der Waals surface area contributed by atoms with Crippen molar-refractivity contribution in [2.75, 3.05) is 11.9 Å². The van der Waals surface area contributed by atoms with E-state index in [0.717, 1.165) is 47.8 Å². The van der Waals surface area contributed by atoms with Crippen LogP contribution in [0.3, 0.4) is 0 Å². The quantitative estimate of drug-likeness (QED) is 0.725. The summed E-state index contributed by atoms with van der Waals surface area (Å²) in [6.07, 6.45) is 2.62. The van der Waals surface area contributed by atoms with Gasteiger partial charge in [0.2, 0.25) is 5.95 Å². The predicted octanol–water partition coefficient (Wildman–Crippen LogP) is 2.82. The molecule has 3 aromatic rings. The first-order valence-electron chi connectivity index (χ1n) is 6.47. The maximum absolute atomic E-state index is 5.36. The summed E-state index contributed by atoms with van der Waals surface area (Å²) in [5, 5.41) is 3.34. The van der Waals surface area contributed by atoms with Gasteiger partial charge in [-0.2, -0.15) is 0 Å². The lowest BCUT2D eigenvalue weighted by Gasteiger charge is -2.16. The van der Waals surface area contributed by atoms with Crippen molar-refractivity contribution in [3.63, 3.8) is 0 Å². The standard InChI is InChI=1S/C14H14N4O/c1-9-13(17-14-15-5-2-6-18(9)14)10-3-4-11-12(7-10)19-8-16-11/h3-4,7-8H,2,5-6H2,1H3,(H,15,17). The zero-order chi connectivity index (χ0) is 12.8. The van der Waals surface area contributed by atoms with Crippen LogP contribution < -0.4 is 5.32 Å². The number of hydrogen-bond acceptors (Lipinski definition) is 4. The van der Waals surface area contributed by atoms with Crippen LogP contribution in [-0.2, 0) is 6.54 Å². The number of anilines is 1. The summed E-state index contributed by atoms with van der Waals surface area (Å²) in [4.78, 5) is 8.84. The summed E-state index contributed by atoms with van der Waals surface area (Å²) in [6.45, 7) is 4.15. The average Bonchev–Trinajstić information content (AvgIpc) is 3.03. The van der Waals surface area contributed by atoms with E-state index >= 15 is 0 Å². The van der Waals surface area contributed by atoms with Crippen LogP contribution in [0, 0.1) is 6.92 Å². The molecule has 0 saturated carbocycles. The Morgan fingerprint density at radius 3 is 3.21 bits per heavy atom. The van der Waals surface area contributed by atoms with E-state index in [4.69, 9.17) is 9.40 Å². The van der Waals surface area contributed by atoms with Gasteiger partial charge in [0.15, 0.2) is 12.0 Å². The molecule has 0 spiro atoms. The highest BCUT2D eigenvalue weighted by Crippen LogP contribution is 2.29. The van der Waals surface area contributed by atoms with Crippen LogP contribution in [0.5, 0.6) is 0 Å². The van der Waals surface area contributed by atoms with Crippen molar-refractivity contribution >= 4 is 17.0 Å². The Morgan fingerprint density at radius 2 is 2.32 bits per heavy atom. The molecule has 0 amide bonds. The number of rotatable bonds is 1. The van der Waals surface area contributed by atoms with E-state index in [1.807, 2.05) is 18.2 Å². The number of aromatic nitrogens is 3. The van der Waals surface area contributed by atoms with Gasteiger partial charge in [-0.1, -0.05) is 6.07 Å². The molecule has 2 aromatic heterocycles. The van der Waals surface area contributed by atoms with Gasteiger partial charge in [-0.05, 0) is 25.5 Å². The number of benzene rings is 1. The van der Waals surface area contributed by atoms with Crippen LogP contribution in [0.2, 0.25) is 0 Å². The van der Waals surface area contributed by atoms with E-state index in [1.54, 1.807) is 0 Å². The van der Waals surface area contributed by atoms with Crippen LogP contribution in [0.25, 0.3) is 22.4 Å². The number of oxazole rings is 1. The van der Waals surface area contributed by atoms with Crippen LogP contribution in [0.15, 0.2) is 29.0 Å². The van der Waals surface area contributed by atoms with Gasteiger partial charge in [0.05, 0.1) is 5.69 Å². The molecule has 0 unspecified atom stereocenters. The zero-order valence-electron chi connectivity index (χ0n) is 10.7. The fourth-order valence-corrected chi connectivity index (χ4v) is 2.66. The third kappa shape index (κ3) is 1.54. The molecule has 4 rings (SSSR count). The Balaban J connectivity index is 1.89. The van der Waals surface area contributed by atoms with Gasteiger partial charge in [-0.3, -0.25) is 0 Å². The van der Waals surface area contributed by atoms with E-state index in [-0.39, 0.29) is 0 Å². The smallest absolute Gasteiger partial charge is 0.203 e. The molecule has 5 heteroatoms. The predicted molar refractivity (Wildman–Crippen MR) is 73.1 cm³/mol. The van der Waals surface area contributed by atoms with Gasteiger partial charge in [-0.25, -0.2) is 9.97 Å². The van der Waals surface area contributed by atoms with Crippen LogP contribution in [0.4, 0.5) is 5.95 Å². The first kappa shape index (κ1) is 10.6. The summed E-state index contributed by atoms with van der Waals surface area (Å²) in [5.74, 6) is 0.969. The van der Waals surface area contributed by atoms with Crippen molar-refractivity contribution in [3.05, 3.63) is 30.3 Å². The van der Waals surface area contributed by atoms with E-state index in [2.05, 4.69) is 21.8 Å². The van der Waals surface area contributed by atoms with Crippen LogP contribution in [0.1, 0.15) is 12.1 Å². The van der Waals surface area contributed by atoms with Crippen LogP contribution >= 0.6 is 0 Å². The summed E-state index contributed by atoms with van der Waals surface area (Å²) in [7, 11) is 0. The van der Waals surface area contributed by atoms with Gasteiger partial charge < -0.3 is 14.3 Å². The average molecular weight is 254 g/mol. The zero-order valence-corrected chi connectivity index (χ0v) is 10.7. The highest BCUT2D eigenvalue weighted by atomic mass is 16.3. The molecule has 0 radical (unpaired) electrons. The lowest BCUT2D eigenvalue weighted by Crippen LogP contribution is -2.17. The minimum atomic E-state index is 0.802. The Bertz CT molecular complexity index is 756. The van der Waals surface area contributed by atoms with E-state index in [9.17, 15) is 0 Å². The van der Waals surface area contributed by atoms with Gasteiger partial charge >= 0.3 is 0 Å². The first-order valence-corrected chi connectivity index (χ1v) is 6.47. The second kappa shape index (κ2) is 3.85. The molecule has 1 aliphatic heterocycles. The van der Waals surface area contributed by atoms with Gasteiger partial charge in [0, 0.05) is 24.3 Å². The molecule has 0 aliphatic carbocycles. The normalized spacial score (nSPS) is 14.4. The minimum Gasteiger partial charge on any atom is -0.443 e. The number of imidazole rings is 1. The molecule has 5 nitrogen and oxygen atoms in total. The number of nitrogens with one attached hydrogen (secondary N) is 1. The Kier molecular flexibility index (Phi) is 2.15. The summed E-state index contributed by atoms with van der Waals surface area (Å²) in [5.41, 5.74) is 4.97. The molecule has 1 aliphatic rings. The fourth-order valence-electron chi connectivity index (χ4n) is 2.66. The maximum Gasteiger partial charge on any atom is 0.203 e. The Morgan fingerprint density at radius 1 is 1.37 bits per heavy atom. The molecule has 0 fully saturated rings. The van der Waals surface area contributed by atoms with E-state index in [1.165, 1.54) is 12.1 Å². The van der Waals surface area contributed by atoms with Gasteiger partial charge in [0.25, 0.3) is 0 Å². The molecule has 1 N–H and O–H groups in total. The summed E-state index contributed by atoms with van der Waals surface area (Å²) < 4.78 is 7.60.